The first-order valence-corrected chi connectivity index (χ1v) is 9.70. The third-order valence-electron chi connectivity index (χ3n) is 5.74. The van der Waals surface area contributed by atoms with Gasteiger partial charge in [-0.05, 0) is 62.8 Å². The first kappa shape index (κ1) is 19.6. The number of hydrogen-bond acceptors (Lipinski definition) is 3. The standard InChI is InChI=1S/C20H28FN3O3/c1-23(13-19(25)26)14-5-4-11-24(12-10-14)20(27)22-18-9-3-6-15-16(18)7-2-8-17(15)21/h2,7-8,14,18H,3-6,9-13H2,1H3,(H,22,27)(H,25,26). The van der Waals surface area contributed by atoms with E-state index in [1.165, 1.54) is 6.07 Å². The average Bonchev–Trinajstić information content (AvgIpc) is 2.88. The number of urea groups is 1. The Morgan fingerprint density at radius 2 is 2.07 bits per heavy atom. The summed E-state index contributed by atoms with van der Waals surface area (Å²) in [5.41, 5.74) is 1.61. The van der Waals surface area contributed by atoms with Crippen LogP contribution in [0.15, 0.2) is 18.2 Å². The second kappa shape index (κ2) is 8.69. The van der Waals surface area contributed by atoms with Crippen LogP contribution in [0.4, 0.5) is 9.18 Å². The summed E-state index contributed by atoms with van der Waals surface area (Å²) in [6.07, 6.45) is 4.88. The Labute approximate surface area is 159 Å². The van der Waals surface area contributed by atoms with Gasteiger partial charge in [-0.25, -0.2) is 9.18 Å². The van der Waals surface area contributed by atoms with Crippen LogP contribution in [0.1, 0.15) is 49.3 Å². The van der Waals surface area contributed by atoms with E-state index in [1.807, 2.05) is 22.9 Å². The molecule has 2 unspecified atom stereocenters. The number of carboxylic acids is 1. The molecule has 0 saturated carbocycles. The number of halogens is 1. The molecule has 3 rings (SSSR count). The molecule has 1 fully saturated rings. The molecular weight excluding hydrogens is 349 g/mol. The highest BCUT2D eigenvalue weighted by Gasteiger charge is 2.28. The molecule has 1 aliphatic carbocycles. The number of nitrogens with zero attached hydrogens (tertiary/aromatic N) is 2. The summed E-state index contributed by atoms with van der Waals surface area (Å²) in [7, 11) is 1.82. The minimum absolute atomic E-state index is 0.0152. The van der Waals surface area contributed by atoms with Crippen molar-refractivity contribution in [3.05, 3.63) is 35.1 Å². The normalized spacial score (nSPS) is 22.9. The Hall–Kier alpha value is -2.15. The number of carboxylic acid groups (broad SMARTS) is 1. The second-order valence-electron chi connectivity index (χ2n) is 7.58. The highest BCUT2D eigenvalue weighted by atomic mass is 19.1. The highest BCUT2D eigenvalue weighted by molar-refractivity contribution is 5.75. The van der Waals surface area contributed by atoms with Crippen molar-refractivity contribution in [2.75, 3.05) is 26.7 Å². The van der Waals surface area contributed by atoms with Crippen molar-refractivity contribution in [2.24, 2.45) is 0 Å². The smallest absolute Gasteiger partial charge is 0.317 e. The number of aliphatic carboxylic acids is 1. The Morgan fingerprint density at radius 3 is 2.85 bits per heavy atom. The van der Waals surface area contributed by atoms with Crippen LogP contribution in [0.25, 0.3) is 0 Å². The van der Waals surface area contributed by atoms with Crippen LogP contribution >= 0.6 is 0 Å². The summed E-state index contributed by atoms with van der Waals surface area (Å²) in [5, 5.41) is 12.1. The lowest BCUT2D eigenvalue weighted by Gasteiger charge is -2.30. The maximum absolute atomic E-state index is 14.0. The maximum Gasteiger partial charge on any atom is 0.317 e. The number of likely N-dealkylation sites (N-methyl/N-ethyl adjacent to an activating group) is 1. The van der Waals surface area contributed by atoms with Crippen LogP contribution in [0, 0.1) is 5.82 Å². The van der Waals surface area contributed by atoms with Crippen molar-refractivity contribution in [2.45, 2.75) is 50.6 Å². The van der Waals surface area contributed by atoms with Gasteiger partial charge in [0.05, 0.1) is 12.6 Å². The van der Waals surface area contributed by atoms with E-state index < -0.39 is 5.97 Å². The predicted octanol–water partition coefficient (Wildman–Crippen LogP) is 2.78. The molecule has 1 saturated heterocycles. The van der Waals surface area contributed by atoms with Gasteiger partial charge in [0.25, 0.3) is 0 Å². The van der Waals surface area contributed by atoms with E-state index >= 15 is 0 Å². The summed E-state index contributed by atoms with van der Waals surface area (Å²) in [6.45, 7) is 1.27. The molecule has 1 heterocycles. The Bertz CT molecular complexity index is 697. The fourth-order valence-electron chi connectivity index (χ4n) is 4.26. The molecule has 1 aromatic carbocycles. The molecule has 0 radical (unpaired) electrons. The molecule has 0 spiro atoms. The first-order chi connectivity index (χ1) is 13.0. The van der Waals surface area contributed by atoms with Crippen molar-refractivity contribution in [3.63, 3.8) is 0 Å². The van der Waals surface area contributed by atoms with Crippen molar-refractivity contribution in [1.82, 2.24) is 15.1 Å². The molecule has 6 nitrogen and oxygen atoms in total. The van der Waals surface area contributed by atoms with E-state index in [-0.39, 0.29) is 30.5 Å². The quantitative estimate of drug-likeness (QED) is 0.846. The zero-order valence-corrected chi connectivity index (χ0v) is 15.8. The molecule has 27 heavy (non-hydrogen) atoms. The van der Waals surface area contributed by atoms with E-state index in [9.17, 15) is 14.0 Å². The molecular formula is C20H28FN3O3. The van der Waals surface area contributed by atoms with Crippen LogP contribution in [-0.4, -0.2) is 59.6 Å². The second-order valence-corrected chi connectivity index (χ2v) is 7.58. The van der Waals surface area contributed by atoms with Crippen molar-refractivity contribution < 1.29 is 19.1 Å². The van der Waals surface area contributed by atoms with Crippen LogP contribution < -0.4 is 5.32 Å². The van der Waals surface area contributed by atoms with Gasteiger partial charge >= 0.3 is 12.0 Å². The molecule has 1 aromatic rings. The zero-order valence-electron chi connectivity index (χ0n) is 15.8. The van der Waals surface area contributed by atoms with Crippen molar-refractivity contribution >= 4 is 12.0 Å². The van der Waals surface area contributed by atoms with Gasteiger partial charge in [0.1, 0.15) is 5.82 Å². The molecule has 0 bridgehead atoms. The van der Waals surface area contributed by atoms with Gasteiger partial charge in [0, 0.05) is 19.1 Å². The average molecular weight is 377 g/mol. The van der Waals surface area contributed by atoms with E-state index in [2.05, 4.69) is 5.32 Å². The Balaban J connectivity index is 1.60. The Morgan fingerprint density at radius 1 is 1.26 bits per heavy atom. The Kier molecular flexibility index (Phi) is 6.31. The number of fused-ring (bicyclic) bond motifs is 1. The van der Waals surface area contributed by atoms with Gasteiger partial charge in [0.2, 0.25) is 0 Å². The lowest BCUT2D eigenvalue weighted by molar-refractivity contribution is -0.138. The summed E-state index contributed by atoms with van der Waals surface area (Å²) < 4.78 is 14.0. The third-order valence-corrected chi connectivity index (χ3v) is 5.74. The fourth-order valence-corrected chi connectivity index (χ4v) is 4.26. The third kappa shape index (κ3) is 4.77. The van der Waals surface area contributed by atoms with Gasteiger partial charge < -0.3 is 15.3 Å². The minimum atomic E-state index is -0.834. The minimum Gasteiger partial charge on any atom is -0.480 e. The molecule has 2 amide bonds. The lowest BCUT2D eigenvalue weighted by Crippen LogP contribution is -2.43. The monoisotopic (exact) mass is 377 g/mol. The van der Waals surface area contributed by atoms with Gasteiger partial charge in [0.15, 0.2) is 0 Å². The van der Waals surface area contributed by atoms with Crippen LogP contribution in [-0.2, 0) is 11.2 Å². The summed E-state index contributed by atoms with van der Waals surface area (Å²) >= 11 is 0. The number of amides is 2. The largest absolute Gasteiger partial charge is 0.480 e. The van der Waals surface area contributed by atoms with E-state index in [0.29, 0.717) is 13.1 Å². The molecule has 0 aromatic heterocycles. The van der Waals surface area contributed by atoms with Crippen LogP contribution in [0.3, 0.4) is 0 Å². The SMILES string of the molecule is CN(CC(=O)O)C1CCCN(C(=O)NC2CCCc3c(F)cccc32)CC1. The molecule has 2 aliphatic rings. The summed E-state index contributed by atoms with van der Waals surface area (Å²) in [6, 6.07) is 4.99. The molecule has 148 valence electrons. The van der Waals surface area contributed by atoms with Gasteiger partial charge in [-0.15, -0.1) is 0 Å². The number of benzene rings is 1. The van der Waals surface area contributed by atoms with E-state index in [4.69, 9.17) is 5.11 Å². The van der Waals surface area contributed by atoms with E-state index in [1.54, 1.807) is 6.07 Å². The number of hydrogen-bond donors (Lipinski definition) is 2. The van der Waals surface area contributed by atoms with Gasteiger partial charge in [-0.2, -0.15) is 0 Å². The van der Waals surface area contributed by atoms with Crippen molar-refractivity contribution in [1.29, 1.82) is 0 Å². The summed E-state index contributed by atoms with van der Waals surface area (Å²) in [5.74, 6) is -1.02. The van der Waals surface area contributed by atoms with Crippen molar-refractivity contribution in [3.8, 4) is 0 Å². The zero-order chi connectivity index (χ0) is 19.4. The maximum atomic E-state index is 14.0. The van der Waals surface area contributed by atoms with Crippen LogP contribution in [0.5, 0.6) is 0 Å². The predicted molar refractivity (Wildman–Crippen MR) is 100 cm³/mol. The fraction of sp³-hybridized carbons (Fsp3) is 0.600. The first-order valence-electron chi connectivity index (χ1n) is 9.70. The van der Waals surface area contributed by atoms with Crippen LogP contribution in [0.2, 0.25) is 0 Å². The van der Waals surface area contributed by atoms with Gasteiger partial charge in [-0.3, -0.25) is 9.69 Å². The number of carbonyl (C=O) groups is 2. The number of carbonyl (C=O) groups excluding carboxylic acids is 1. The van der Waals surface area contributed by atoms with Gasteiger partial charge in [-0.1, -0.05) is 12.1 Å². The summed E-state index contributed by atoms with van der Waals surface area (Å²) in [4.78, 5) is 27.4. The molecule has 2 N–H and O–H groups in total. The molecule has 7 heteroatoms. The topological polar surface area (TPSA) is 72.9 Å². The molecule has 2 atom stereocenters. The number of rotatable bonds is 4. The molecule has 1 aliphatic heterocycles. The number of likely N-dealkylation sites (tertiary alicyclic amines) is 1. The lowest BCUT2D eigenvalue weighted by atomic mass is 9.87. The number of nitrogens with one attached hydrogen (secondary N) is 1. The highest BCUT2D eigenvalue weighted by Crippen LogP contribution is 2.31. The van der Waals surface area contributed by atoms with E-state index in [0.717, 1.165) is 49.7 Å².